The van der Waals surface area contributed by atoms with Crippen LogP contribution in [0, 0.1) is 56.7 Å². The number of rotatable bonds is 19. The number of carbonyl (C=O) groups excluding carboxylic acids is 3. The van der Waals surface area contributed by atoms with Crippen molar-refractivity contribution >= 4 is 35.6 Å². The third-order valence-electron chi connectivity index (χ3n) is 17.1. The van der Waals surface area contributed by atoms with E-state index < -0.39 is 5.97 Å². The van der Waals surface area contributed by atoms with Gasteiger partial charge in [0.15, 0.2) is 0 Å². The number of esters is 2. The number of ether oxygens (including phenoxy) is 2. The van der Waals surface area contributed by atoms with Gasteiger partial charge in [0.05, 0.1) is 5.41 Å². The molecule has 0 aromatic rings. The van der Waals surface area contributed by atoms with E-state index in [1.807, 2.05) is 0 Å². The highest BCUT2D eigenvalue weighted by Gasteiger charge is 2.72. The second-order valence-corrected chi connectivity index (χ2v) is 21.3. The van der Waals surface area contributed by atoms with Crippen LogP contribution in [0.5, 0.6) is 0 Å². The number of fused-ring (bicyclic) bond motifs is 7. The molecule has 0 saturated heterocycles. The summed E-state index contributed by atoms with van der Waals surface area (Å²) in [4.78, 5) is 49.0. The fourth-order valence-corrected chi connectivity index (χ4v) is 15.0. The van der Waals surface area contributed by atoms with Crippen molar-refractivity contribution in [2.75, 3.05) is 24.7 Å². The number of nitrogens with one attached hydrogen (secondary N) is 1. The summed E-state index contributed by atoms with van der Waals surface area (Å²) in [5.41, 5.74) is 1.31. The first-order valence-corrected chi connectivity index (χ1v) is 23.7. The average molecular weight is 800 g/mol. The Hall–Kier alpha value is -2.03. The topological polar surface area (TPSA) is 119 Å². The quantitative estimate of drug-likeness (QED) is 0.0753. The summed E-state index contributed by atoms with van der Waals surface area (Å²) in [7, 11) is 0. The Kier molecular flexibility index (Phi) is 14.9. The molecule has 5 saturated carbocycles. The highest BCUT2D eigenvalue weighted by molar-refractivity contribution is 7.99. The Bertz CT molecular complexity index is 1430. The van der Waals surface area contributed by atoms with Crippen LogP contribution in [-0.2, 0) is 28.7 Å². The molecule has 318 valence electrons. The molecule has 0 spiro atoms. The zero-order valence-electron chi connectivity index (χ0n) is 36.2. The normalized spacial score (nSPS) is 36.9. The maximum absolute atomic E-state index is 14.7. The summed E-state index contributed by atoms with van der Waals surface area (Å²) in [5, 5.41) is 12.4. The monoisotopic (exact) mass is 800 g/mol. The maximum atomic E-state index is 14.7. The van der Waals surface area contributed by atoms with E-state index in [-0.39, 0.29) is 63.4 Å². The van der Waals surface area contributed by atoms with E-state index in [1.54, 1.807) is 18.7 Å². The van der Waals surface area contributed by atoms with E-state index in [0.717, 1.165) is 114 Å². The molecule has 56 heavy (non-hydrogen) atoms. The average Bonchev–Trinajstić information content (AvgIpc) is 3.52. The fourth-order valence-electron chi connectivity index (χ4n) is 14.2. The Morgan fingerprint density at radius 1 is 0.750 bits per heavy atom. The predicted molar refractivity (Wildman–Crippen MR) is 225 cm³/mol. The SMILES string of the molecule is C=C(CSCCOC(C)=O)[C@@H]1CC[C@]2(C(=O)NCCCCCCCCCCC(=O)O)CC[C@]3(C)[C@H](CCC4[C@@]5(C)CC[C@H](OC(C)=O)C(C)(C)[C@@H]5CC[C@]43C)[C@@H]12. The van der Waals surface area contributed by atoms with Crippen molar-refractivity contribution < 1.29 is 33.8 Å². The number of aliphatic carboxylic acids is 1. The maximum Gasteiger partial charge on any atom is 0.303 e. The van der Waals surface area contributed by atoms with Crippen molar-refractivity contribution in [1.29, 1.82) is 0 Å². The molecular weight excluding hydrogens is 723 g/mol. The van der Waals surface area contributed by atoms with Crippen LogP contribution < -0.4 is 5.32 Å². The number of hydrogen-bond donors (Lipinski definition) is 2. The molecule has 1 amide bonds. The Morgan fingerprint density at radius 2 is 1.43 bits per heavy atom. The number of carboxylic acid groups (broad SMARTS) is 1. The molecule has 8 nitrogen and oxygen atoms in total. The summed E-state index contributed by atoms with van der Waals surface area (Å²) in [6.45, 7) is 21.5. The van der Waals surface area contributed by atoms with Crippen molar-refractivity contribution in [2.45, 2.75) is 177 Å². The van der Waals surface area contributed by atoms with Gasteiger partial charge in [0.25, 0.3) is 0 Å². The van der Waals surface area contributed by atoms with Crippen LogP contribution >= 0.6 is 11.8 Å². The fraction of sp³-hybridized carbons (Fsp3) is 0.872. The minimum Gasteiger partial charge on any atom is -0.481 e. The highest BCUT2D eigenvalue weighted by Crippen LogP contribution is 2.77. The molecule has 10 atom stereocenters. The Labute approximate surface area is 343 Å². The van der Waals surface area contributed by atoms with Crippen molar-refractivity contribution in [1.82, 2.24) is 5.32 Å². The second kappa shape index (κ2) is 18.5. The molecule has 9 heteroatoms. The largest absolute Gasteiger partial charge is 0.481 e. The lowest BCUT2D eigenvalue weighted by atomic mass is 9.32. The number of amides is 1. The molecule has 2 N–H and O–H groups in total. The summed E-state index contributed by atoms with van der Waals surface area (Å²) in [6, 6.07) is 0. The first-order valence-electron chi connectivity index (χ1n) is 22.5. The van der Waals surface area contributed by atoms with Crippen LogP contribution in [0.1, 0.15) is 170 Å². The first kappa shape index (κ1) is 45.1. The number of carbonyl (C=O) groups is 4. The molecule has 5 aliphatic rings. The molecule has 0 radical (unpaired) electrons. The van der Waals surface area contributed by atoms with Gasteiger partial charge < -0.3 is 19.9 Å². The summed E-state index contributed by atoms with van der Waals surface area (Å²) >= 11 is 1.80. The zero-order chi connectivity index (χ0) is 40.9. The van der Waals surface area contributed by atoms with Gasteiger partial charge >= 0.3 is 17.9 Å². The lowest BCUT2D eigenvalue weighted by Crippen LogP contribution is -2.67. The Morgan fingerprint density at radius 3 is 2.09 bits per heavy atom. The van der Waals surface area contributed by atoms with E-state index in [0.29, 0.717) is 30.3 Å². The zero-order valence-corrected chi connectivity index (χ0v) is 37.1. The standard InChI is InChI=1S/C47H77NO7S/c1-32(31-56-30-29-54-33(2)49)35-20-25-47(42(53)48-28-16-14-12-10-9-11-13-15-17-40(51)52)27-26-45(7)36(41(35)47)18-19-38-44(6)23-22-39(55-34(3)50)43(4,5)37(44)21-24-46(38,45)8/h35-39,41H,1,9-31H2,2-8H3,(H,48,53)(H,51,52)/t35-,36+,37-,38?,39-,41+,44-,45+,46+,47-/m0/s1. The van der Waals surface area contributed by atoms with Crippen LogP contribution in [0.15, 0.2) is 12.2 Å². The van der Waals surface area contributed by atoms with Gasteiger partial charge in [-0.15, -0.1) is 0 Å². The summed E-state index contributed by atoms with van der Waals surface area (Å²) in [5.74, 6) is 2.92. The molecule has 1 unspecified atom stereocenters. The second-order valence-electron chi connectivity index (χ2n) is 20.2. The molecular formula is C47H77NO7S. The number of unbranched alkanes of at least 4 members (excludes halogenated alkanes) is 7. The minimum absolute atomic E-state index is 0.0258. The summed E-state index contributed by atoms with van der Waals surface area (Å²) < 4.78 is 11.2. The molecule has 0 bridgehead atoms. The van der Waals surface area contributed by atoms with Crippen molar-refractivity contribution in [3.63, 3.8) is 0 Å². The van der Waals surface area contributed by atoms with Crippen LogP contribution in [0.2, 0.25) is 0 Å². The molecule has 5 fully saturated rings. The van der Waals surface area contributed by atoms with Gasteiger partial charge in [-0.2, -0.15) is 11.8 Å². The van der Waals surface area contributed by atoms with E-state index in [9.17, 15) is 19.2 Å². The molecule has 0 heterocycles. The van der Waals surface area contributed by atoms with Crippen LogP contribution in [-0.4, -0.2) is 59.7 Å². The van der Waals surface area contributed by atoms with Crippen LogP contribution in [0.25, 0.3) is 0 Å². The van der Waals surface area contributed by atoms with E-state index in [1.165, 1.54) is 31.8 Å². The minimum atomic E-state index is -0.704. The predicted octanol–water partition coefficient (Wildman–Crippen LogP) is 10.6. The molecule has 0 aliphatic heterocycles. The van der Waals surface area contributed by atoms with Crippen molar-refractivity contribution in [3.8, 4) is 0 Å². The number of thioether (sulfide) groups is 1. The smallest absolute Gasteiger partial charge is 0.303 e. The lowest BCUT2D eigenvalue weighted by Gasteiger charge is -2.72. The van der Waals surface area contributed by atoms with E-state index >= 15 is 0 Å². The van der Waals surface area contributed by atoms with Gasteiger partial charge in [0.1, 0.15) is 12.7 Å². The first-order chi connectivity index (χ1) is 26.4. The van der Waals surface area contributed by atoms with Crippen LogP contribution in [0.3, 0.4) is 0 Å². The highest BCUT2D eigenvalue weighted by atomic mass is 32.2. The number of carboxylic acids is 1. The molecule has 0 aromatic carbocycles. The van der Waals surface area contributed by atoms with Gasteiger partial charge in [0, 0.05) is 43.7 Å². The summed E-state index contributed by atoms with van der Waals surface area (Å²) in [6.07, 6.45) is 19.4. The Balaban J connectivity index is 1.30. The van der Waals surface area contributed by atoms with Crippen molar-refractivity contribution in [2.24, 2.45) is 56.7 Å². The van der Waals surface area contributed by atoms with Gasteiger partial charge in [-0.25, -0.2) is 0 Å². The lowest BCUT2D eigenvalue weighted by molar-refractivity contribution is -0.248. The molecule has 5 aliphatic carbocycles. The van der Waals surface area contributed by atoms with Gasteiger partial charge in [-0.3, -0.25) is 19.2 Å². The van der Waals surface area contributed by atoms with E-state index in [2.05, 4.69) is 39.9 Å². The van der Waals surface area contributed by atoms with Gasteiger partial charge in [0.2, 0.25) is 5.91 Å². The molecule has 0 aromatic heterocycles. The van der Waals surface area contributed by atoms with Gasteiger partial charge in [-0.1, -0.05) is 85.3 Å². The van der Waals surface area contributed by atoms with Crippen LogP contribution in [0.4, 0.5) is 0 Å². The third-order valence-corrected chi connectivity index (χ3v) is 18.1. The van der Waals surface area contributed by atoms with E-state index in [4.69, 9.17) is 21.2 Å². The van der Waals surface area contributed by atoms with Crippen molar-refractivity contribution in [3.05, 3.63) is 12.2 Å². The number of hydrogen-bond acceptors (Lipinski definition) is 7. The van der Waals surface area contributed by atoms with Gasteiger partial charge in [-0.05, 0) is 123 Å². The molecule has 5 rings (SSSR count). The third kappa shape index (κ3) is 8.93.